The van der Waals surface area contributed by atoms with Crippen LogP contribution in [0.3, 0.4) is 0 Å². The Labute approximate surface area is 153 Å². The Morgan fingerprint density at radius 1 is 1.12 bits per heavy atom. The Morgan fingerprint density at radius 3 is 2.48 bits per heavy atom. The molecule has 2 aromatic rings. The van der Waals surface area contributed by atoms with Crippen LogP contribution in [0.15, 0.2) is 48.5 Å². The summed E-state index contributed by atoms with van der Waals surface area (Å²) in [5.74, 6) is 2.14. The predicted molar refractivity (Wildman–Crippen MR) is 98.3 cm³/mol. The molecule has 0 saturated carbocycles. The van der Waals surface area contributed by atoms with Gasteiger partial charge in [-0.25, -0.2) is 4.79 Å². The van der Waals surface area contributed by atoms with Crippen molar-refractivity contribution in [3.05, 3.63) is 64.2 Å². The van der Waals surface area contributed by atoms with Crippen molar-refractivity contribution in [3.8, 4) is 11.5 Å². The SMILES string of the molecule is O=C(COc1ccccc1[N+](=O)[O-])Oc1ccc(C2SCCS2)cc1. The molecule has 1 heterocycles. The van der Waals surface area contributed by atoms with Gasteiger partial charge in [-0.3, -0.25) is 10.1 Å². The highest BCUT2D eigenvalue weighted by molar-refractivity contribution is 8.19. The van der Waals surface area contributed by atoms with Crippen LogP contribution in [0, 0.1) is 10.1 Å². The predicted octanol–water partition coefficient (Wildman–Crippen LogP) is 4.06. The van der Waals surface area contributed by atoms with E-state index < -0.39 is 17.5 Å². The molecule has 1 saturated heterocycles. The summed E-state index contributed by atoms with van der Waals surface area (Å²) in [4.78, 5) is 22.2. The maximum atomic E-state index is 11.9. The zero-order valence-electron chi connectivity index (χ0n) is 13.1. The third-order valence-electron chi connectivity index (χ3n) is 3.41. The van der Waals surface area contributed by atoms with Gasteiger partial charge >= 0.3 is 11.7 Å². The summed E-state index contributed by atoms with van der Waals surface area (Å²) in [6.45, 7) is -0.402. The van der Waals surface area contributed by atoms with Crippen molar-refractivity contribution in [3.63, 3.8) is 0 Å². The lowest BCUT2D eigenvalue weighted by molar-refractivity contribution is -0.385. The van der Waals surface area contributed by atoms with Crippen molar-refractivity contribution in [2.75, 3.05) is 18.1 Å². The van der Waals surface area contributed by atoms with Crippen LogP contribution in [0.1, 0.15) is 10.1 Å². The molecule has 0 unspecified atom stereocenters. The van der Waals surface area contributed by atoms with E-state index in [1.807, 2.05) is 35.7 Å². The highest BCUT2D eigenvalue weighted by atomic mass is 32.2. The minimum Gasteiger partial charge on any atom is -0.475 e. The number of hydrogen-bond acceptors (Lipinski definition) is 7. The Kier molecular flexibility index (Phi) is 5.83. The molecule has 0 aromatic heterocycles. The van der Waals surface area contributed by atoms with Crippen molar-refractivity contribution < 1.29 is 19.2 Å². The van der Waals surface area contributed by atoms with E-state index in [0.717, 1.165) is 11.5 Å². The van der Waals surface area contributed by atoms with E-state index >= 15 is 0 Å². The van der Waals surface area contributed by atoms with Gasteiger partial charge in [0.1, 0.15) is 5.75 Å². The Bertz CT molecular complexity index is 760. The van der Waals surface area contributed by atoms with Crippen LogP contribution >= 0.6 is 23.5 Å². The third-order valence-corrected chi connectivity index (χ3v) is 6.52. The van der Waals surface area contributed by atoms with Gasteiger partial charge in [0.2, 0.25) is 0 Å². The number of esters is 1. The normalized spacial score (nSPS) is 14.2. The maximum Gasteiger partial charge on any atom is 0.349 e. The average Bonchev–Trinajstić information content (AvgIpc) is 3.15. The number of nitro benzene ring substituents is 1. The number of para-hydroxylation sites is 2. The van der Waals surface area contributed by atoms with Crippen molar-refractivity contribution in [2.45, 2.75) is 4.58 Å². The second kappa shape index (κ2) is 8.26. The van der Waals surface area contributed by atoms with Gasteiger partial charge in [0.15, 0.2) is 12.4 Å². The quantitative estimate of drug-likeness (QED) is 0.325. The summed E-state index contributed by atoms with van der Waals surface area (Å²) in [6.07, 6.45) is 0. The van der Waals surface area contributed by atoms with Crippen LogP contribution in [0.25, 0.3) is 0 Å². The van der Waals surface area contributed by atoms with Crippen molar-refractivity contribution >= 4 is 35.2 Å². The maximum absolute atomic E-state index is 11.9. The lowest BCUT2D eigenvalue weighted by Crippen LogP contribution is -2.18. The first-order valence-electron chi connectivity index (χ1n) is 7.53. The molecular formula is C17H15NO5S2. The molecule has 2 aromatic carbocycles. The number of nitro groups is 1. The van der Waals surface area contributed by atoms with Crippen LogP contribution in [0.2, 0.25) is 0 Å². The van der Waals surface area contributed by atoms with E-state index in [-0.39, 0.29) is 11.4 Å². The average molecular weight is 377 g/mol. The smallest absolute Gasteiger partial charge is 0.349 e. The van der Waals surface area contributed by atoms with E-state index in [0.29, 0.717) is 10.3 Å². The van der Waals surface area contributed by atoms with E-state index in [9.17, 15) is 14.9 Å². The second-order valence-electron chi connectivity index (χ2n) is 5.13. The van der Waals surface area contributed by atoms with Crippen LogP contribution in [0.5, 0.6) is 11.5 Å². The number of nitrogens with zero attached hydrogens (tertiary/aromatic N) is 1. The summed E-state index contributed by atoms with van der Waals surface area (Å²) in [5.41, 5.74) is 1.01. The van der Waals surface area contributed by atoms with E-state index in [4.69, 9.17) is 9.47 Å². The molecule has 0 bridgehead atoms. The number of carbonyl (C=O) groups excluding carboxylic acids is 1. The van der Waals surface area contributed by atoms with Gasteiger partial charge in [-0.15, -0.1) is 23.5 Å². The number of thioether (sulfide) groups is 2. The highest BCUT2D eigenvalue weighted by Crippen LogP contribution is 2.45. The summed E-state index contributed by atoms with van der Waals surface area (Å²) in [7, 11) is 0. The van der Waals surface area contributed by atoms with Gasteiger partial charge in [-0.2, -0.15) is 0 Å². The first-order chi connectivity index (χ1) is 12.1. The molecule has 0 radical (unpaired) electrons. The lowest BCUT2D eigenvalue weighted by Gasteiger charge is -2.10. The van der Waals surface area contributed by atoms with Crippen LogP contribution in [-0.4, -0.2) is 29.0 Å². The minimum atomic E-state index is -0.615. The van der Waals surface area contributed by atoms with Crippen molar-refractivity contribution in [1.29, 1.82) is 0 Å². The van der Waals surface area contributed by atoms with Gasteiger partial charge in [0.25, 0.3) is 0 Å². The zero-order valence-corrected chi connectivity index (χ0v) is 14.8. The lowest BCUT2D eigenvalue weighted by atomic mass is 10.2. The number of rotatable bonds is 6. The standard InChI is InChI=1S/C17H15NO5S2/c19-16(11-22-15-4-2-1-3-14(15)18(20)21)23-13-7-5-12(6-8-13)17-24-9-10-25-17/h1-8,17H,9-11H2. The van der Waals surface area contributed by atoms with Gasteiger partial charge in [-0.1, -0.05) is 24.3 Å². The van der Waals surface area contributed by atoms with Gasteiger partial charge in [0, 0.05) is 17.6 Å². The Hall–Kier alpha value is -2.19. The number of benzene rings is 2. The Morgan fingerprint density at radius 2 is 1.80 bits per heavy atom. The second-order valence-corrected chi connectivity index (χ2v) is 7.85. The summed E-state index contributed by atoms with van der Waals surface area (Å²) >= 11 is 3.81. The number of hydrogen-bond donors (Lipinski definition) is 0. The fraction of sp³-hybridized carbons (Fsp3) is 0.235. The molecule has 0 aliphatic carbocycles. The number of ether oxygens (including phenoxy) is 2. The monoisotopic (exact) mass is 377 g/mol. The molecular weight excluding hydrogens is 362 g/mol. The third kappa shape index (κ3) is 4.67. The molecule has 8 heteroatoms. The summed E-state index contributed by atoms with van der Waals surface area (Å²) < 4.78 is 10.9. The van der Waals surface area contributed by atoms with E-state index in [2.05, 4.69) is 0 Å². The molecule has 0 amide bonds. The highest BCUT2D eigenvalue weighted by Gasteiger charge is 2.19. The minimum absolute atomic E-state index is 0.0371. The molecule has 1 aliphatic rings. The van der Waals surface area contributed by atoms with Crippen LogP contribution < -0.4 is 9.47 Å². The van der Waals surface area contributed by atoms with Crippen LogP contribution in [-0.2, 0) is 4.79 Å². The van der Waals surface area contributed by atoms with E-state index in [1.54, 1.807) is 18.2 Å². The molecule has 3 rings (SSSR count). The van der Waals surface area contributed by atoms with E-state index in [1.165, 1.54) is 23.8 Å². The largest absolute Gasteiger partial charge is 0.475 e. The molecule has 1 fully saturated rings. The molecule has 1 aliphatic heterocycles. The first-order valence-corrected chi connectivity index (χ1v) is 9.63. The van der Waals surface area contributed by atoms with Gasteiger partial charge in [0.05, 0.1) is 9.51 Å². The summed E-state index contributed by atoms with van der Waals surface area (Å²) in [5, 5.41) is 10.9. The topological polar surface area (TPSA) is 78.7 Å². The molecule has 0 spiro atoms. The van der Waals surface area contributed by atoms with Crippen molar-refractivity contribution in [2.24, 2.45) is 0 Å². The molecule has 0 atom stereocenters. The molecule has 0 N–H and O–H groups in total. The van der Waals surface area contributed by atoms with Crippen LogP contribution in [0.4, 0.5) is 5.69 Å². The van der Waals surface area contributed by atoms with Gasteiger partial charge < -0.3 is 9.47 Å². The first kappa shape index (κ1) is 17.6. The molecule has 6 nitrogen and oxygen atoms in total. The summed E-state index contributed by atoms with van der Waals surface area (Å²) in [6, 6.07) is 13.3. The Balaban J connectivity index is 1.55. The fourth-order valence-electron chi connectivity index (χ4n) is 2.27. The molecule has 25 heavy (non-hydrogen) atoms. The van der Waals surface area contributed by atoms with Crippen molar-refractivity contribution in [1.82, 2.24) is 0 Å². The fourth-order valence-corrected chi connectivity index (χ4v) is 5.13. The zero-order chi connectivity index (χ0) is 17.6. The number of carbonyl (C=O) groups is 1. The van der Waals surface area contributed by atoms with Gasteiger partial charge in [-0.05, 0) is 23.8 Å². The molecule has 130 valence electrons.